The maximum Gasteiger partial charge on any atom is 0.418 e. The average molecular weight is 389 g/mol. The first-order chi connectivity index (χ1) is 11.9. The molecular weight excluding hydrogens is 370 g/mol. The fourth-order valence-corrected chi connectivity index (χ4v) is 5.20. The minimum Gasteiger partial charge on any atom is -0.316 e. The van der Waals surface area contributed by atoms with Gasteiger partial charge in [-0.2, -0.15) is 13.5 Å². The number of amides is 2. The van der Waals surface area contributed by atoms with Gasteiger partial charge >= 0.3 is 16.4 Å². The smallest absolute Gasteiger partial charge is 0.316 e. The van der Waals surface area contributed by atoms with E-state index >= 15 is 0 Å². The molecule has 3 saturated heterocycles. The third kappa shape index (κ3) is 3.49. The van der Waals surface area contributed by atoms with Crippen LogP contribution in [0.3, 0.4) is 0 Å². The Morgan fingerprint density at radius 2 is 2.16 bits per heavy atom. The third-order valence-electron chi connectivity index (χ3n) is 4.89. The largest absolute Gasteiger partial charge is 0.418 e. The minimum absolute atomic E-state index is 0.230. The van der Waals surface area contributed by atoms with E-state index in [1.54, 1.807) is 4.90 Å². The van der Waals surface area contributed by atoms with Gasteiger partial charge in [-0.15, -0.1) is 14.5 Å². The lowest BCUT2D eigenvalue weighted by atomic mass is 10.0. The molecule has 3 atom stereocenters. The Morgan fingerprint density at radius 3 is 2.88 bits per heavy atom. The van der Waals surface area contributed by atoms with Crippen LogP contribution in [0.25, 0.3) is 0 Å². The quantitative estimate of drug-likeness (QED) is 0.692. The summed E-state index contributed by atoms with van der Waals surface area (Å²) in [6.07, 6.45) is 3.24. The van der Waals surface area contributed by atoms with Gasteiger partial charge in [0.1, 0.15) is 10.0 Å². The number of fused-ring (bicyclic) bond motifs is 2. The Kier molecular flexibility index (Phi) is 4.40. The predicted octanol–water partition coefficient (Wildman–Crippen LogP) is 0.366. The molecule has 138 valence electrons. The Morgan fingerprint density at radius 1 is 1.32 bits per heavy atom. The third-order valence-corrected chi connectivity index (χ3v) is 6.29. The first kappa shape index (κ1) is 17.1. The average Bonchev–Trinajstić information content (AvgIpc) is 3.26. The van der Waals surface area contributed by atoms with Crippen LogP contribution in [-0.2, 0) is 21.1 Å². The number of hydrogen-bond donors (Lipinski definition) is 2. The Labute approximate surface area is 149 Å². The zero-order valence-corrected chi connectivity index (χ0v) is 15.0. The molecule has 0 radical (unpaired) electrons. The van der Waals surface area contributed by atoms with Crippen molar-refractivity contribution in [1.82, 2.24) is 25.5 Å². The number of hydroxylamine groups is 2. The second-order valence-electron chi connectivity index (χ2n) is 6.61. The molecule has 10 nitrogen and oxygen atoms in total. The second-order valence-corrected chi connectivity index (χ2v) is 8.71. The van der Waals surface area contributed by atoms with E-state index in [1.807, 2.05) is 0 Å². The van der Waals surface area contributed by atoms with Crippen LogP contribution in [0.1, 0.15) is 35.3 Å². The SMILES string of the molecule is O=C1N2C[C@@H](CC[C@H]2c2nnc(C[C@@H]3CCNC3)s2)N1OS(=O)(=O)O. The van der Waals surface area contributed by atoms with E-state index in [4.69, 9.17) is 4.55 Å². The number of nitrogens with one attached hydrogen (secondary N) is 1. The first-order valence-corrected chi connectivity index (χ1v) is 10.4. The molecular formula is C13H19N5O5S2. The molecule has 4 heterocycles. The Bertz CT molecular complexity index is 763. The molecule has 2 N–H and O–H groups in total. The van der Waals surface area contributed by atoms with Crippen molar-refractivity contribution in [3.05, 3.63) is 10.0 Å². The van der Waals surface area contributed by atoms with Crippen molar-refractivity contribution in [2.75, 3.05) is 19.6 Å². The number of piperidine rings is 1. The summed E-state index contributed by atoms with van der Waals surface area (Å²) in [5.74, 6) is 0.573. The summed E-state index contributed by atoms with van der Waals surface area (Å²) in [5, 5.41) is 14.3. The van der Waals surface area contributed by atoms with Crippen LogP contribution in [0, 0.1) is 5.92 Å². The van der Waals surface area contributed by atoms with E-state index in [2.05, 4.69) is 19.8 Å². The van der Waals surface area contributed by atoms with Gasteiger partial charge < -0.3 is 10.2 Å². The molecule has 0 spiro atoms. The monoisotopic (exact) mass is 389 g/mol. The van der Waals surface area contributed by atoms with Gasteiger partial charge in [-0.25, -0.2) is 4.79 Å². The first-order valence-electron chi connectivity index (χ1n) is 8.20. The zero-order chi connectivity index (χ0) is 17.6. The fraction of sp³-hybridized carbons (Fsp3) is 0.769. The minimum atomic E-state index is -4.72. The number of nitrogens with zero attached hydrogens (tertiary/aromatic N) is 4. The van der Waals surface area contributed by atoms with E-state index in [0.717, 1.165) is 41.0 Å². The highest BCUT2D eigenvalue weighted by Gasteiger charge is 2.48. The number of rotatable bonds is 5. The molecule has 1 aromatic rings. The molecule has 0 aliphatic carbocycles. The number of hydrogen-bond acceptors (Lipinski definition) is 8. The molecule has 4 rings (SSSR count). The highest BCUT2D eigenvalue weighted by Crippen LogP contribution is 2.39. The van der Waals surface area contributed by atoms with Crippen molar-refractivity contribution in [3.63, 3.8) is 0 Å². The molecule has 0 saturated carbocycles. The number of carbonyl (C=O) groups is 1. The highest BCUT2D eigenvalue weighted by molar-refractivity contribution is 7.80. The van der Waals surface area contributed by atoms with Crippen molar-refractivity contribution in [3.8, 4) is 0 Å². The lowest BCUT2D eigenvalue weighted by Gasteiger charge is -2.28. The lowest BCUT2D eigenvalue weighted by Crippen LogP contribution is -2.35. The highest BCUT2D eigenvalue weighted by atomic mass is 32.3. The molecule has 2 bridgehead atoms. The number of carbonyl (C=O) groups excluding carboxylic acids is 1. The van der Waals surface area contributed by atoms with Crippen molar-refractivity contribution >= 4 is 27.8 Å². The van der Waals surface area contributed by atoms with Crippen molar-refractivity contribution < 1.29 is 22.0 Å². The van der Waals surface area contributed by atoms with E-state index in [0.29, 0.717) is 25.3 Å². The molecule has 3 fully saturated rings. The maximum atomic E-state index is 12.4. The summed E-state index contributed by atoms with van der Waals surface area (Å²) in [6.45, 7) is 2.37. The molecule has 0 unspecified atom stereocenters. The second kappa shape index (κ2) is 6.43. The molecule has 0 aromatic carbocycles. The van der Waals surface area contributed by atoms with E-state index in [-0.39, 0.29) is 12.1 Å². The topological polar surface area (TPSA) is 125 Å². The molecule has 12 heteroatoms. The van der Waals surface area contributed by atoms with Gasteiger partial charge in [0.2, 0.25) is 0 Å². The number of aromatic nitrogens is 2. The molecule has 3 aliphatic rings. The summed E-state index contributed by atoms with van der Waals surface area (Å²) >= 11 is 1.51. The fourth-order valence-electron chi connectivity index (χ4n) is 3.71. The van der Waals surface area contributed by atoms with Gasteiger partial charge in [0.25, 0.3) is 0 Å². The Hall–Kier alpha value is -1.34. The van der Waals surface area contributed by atoms with E-state index in [9.17, 15) is 13.2 Å². The molecule has 3 aliphatic heterocycles. The zero-order valence-electron chi connectivity index (χ0n) is 13.4. The van der Waals surface area contributed by atoms with Gasteiger partial charge in [0.05, 0.1) is 12.1 Å². The van der Waals surface area contributed by atoms with Crippen LogP contribution < -0.4 is 5.32 Å². The molecule has 2 amide bonds. The van der Waals surface area contributed by atoms with Crippen LogP contribution in [0.5, 0.6) is 0 Å². The summed E-state index contributed by atoms with van der Waals surface area (Å²) in [4.78, 5) is 14.0. The van der Waals surface area contributed by atoms with Crippen LogP contribution in [-0.4, -0.2) is 64.8 Å². The van der Waals surface area contributed by atoms with E-state index in [1.165, 1.54) is 11.3 Å². The van der Waals surface area contributed by atoms with Gasteiger partial charge in [-0.3, -0.25) is 4.55 Å². The summed E-state index contributed by atoms with van der Waals surface area (Å²) < 4.78 is 35.2. The van der Waals surface area contributed by atoms with Gasteiger partial charge in [0, 0.05) is 13.0 Å². The number of urea groups is 1. The van der Waals surface area contributed by atoms with Crippen molar-refractivity contribution in [2.24, 2.45) is 5.92 Å². The van der Waals surface area contributed by atoms with E-state index < -0.39 is 16.4 Å². The summed E-state index contributed by atoms with van der Waals surface area (Å²) in [7, 11) is -4.72. The lowest BCUT2D eigenvalue weighted by molar-refractivity contribution is -0.0317. The van der Waals surface area contributed by atoms with Gasteiger partial charge in [-0.05, 0) is 38.3 Å². The molecule has 25 heavy (non-hydrogen) atoms. The van der Waals surface area contributed by atoms with Crippen LogP contribution in [0.4, 0.5) is 4.79 Å². The summed E-state index contributed by atoms with van der Waals surface area (Å²) in [5.41, 5.74) is 0. The normalized spacial score (nSPS) is 29.6. The van der Waals surface area contributed by atoms with Crippen LogP contribution in [0.2, 0.25) is 0 Å². The van der Waals surface area contributed by atoms with Gasteiger partial charge in [-0.1, -0.05) is 11.3 Å². The standard InChI is InChI=1S/C13H19N5O5S2/c19-13-17-7-9(18(13)23-25(20,21)22)1-2-10(17)12-16-15-11(24-12)5-8-3-4-14-6-8/h8-10,14H,1-7H2,(H,20,21,22)/t8-,9+,10-/m0/s1. The van der Waals surface area contributed by atoms with Crippen LogP contribution >= 0.6 is 11.3 Å². The molecule has 1 aromatic heterocycles. The van der Waals surface area contributed by atoms with Gasteiger partial charge in [0.15, 0.2) is 0 Å². The summed E-state index contributed by atoms with van der Waals surface area (Å²) in [6, 6.07) is -1.18. The van der Waals surface area contributed by atoms with Crippen molar-refractivity contribution in [2.45, 2.75) is 37.8 Å². The Balaban J connectivity index is 1.47. The van der Waals surface area contributed by atoms with Crippen molar-refractivity contribution in [1.29, 1.82) is 0 Å². The van der Waals surface area contributed by atoms with Crippen LogP contribution in [0.15, 0.2) is 0 Å². The maximum absolute atomic E-state index is 12.4. The predicted molar refractivity (Wildman–Crippen MR) is 86.9 cm³/mol.